The fraction of sp³-hybridized carbons (Fsp3) is 0.429. The molecule has 110 valence electrons. The van der Waals surface area contributed by atoms with Gasteiger partial charge in [0.1, 0.15) is 11.8 Å². The Morgan fingerprint density at radius 3 is 2.45 bits per heavy atom. The molecule has 0 spiro atoms. The number of nitrogens with zero attached hydrogens (tertiary/aromatic N) is 1. The van der Waals surface area contributed by atoms with Gasteiger partial charge in [-0.15, -0.1) is 11.8 Å². The van der Waals surface area contributed by atoms with E-state index in [1.165, 1.54) is 18.9 Å². The lowest BCUT2D eigenvalue weighted by atomic mass is 10.3. The third-order valence-electron chi connectivity index (χ3n) is 2.98. The Balaban J connectivity index is 2.39. The molecule has 1 amide bonds. The summed E-state index contributed by atoms with van der Waals surface area (Å²) in [5.74, 6) is 0.243. The zero-order valence-corrected chi connectivity index (χ0v) is 12.6. The average Bonchev–Trinajstić information content (AvgIpc) is 2.46. The third kappa shape index (κ3) is 4.77. The van der Waals surface area contributed by atoms with E-state index in [9.17, 15) is 9.59 Å². The summed E-state index contributed by atoms with van der Waals surface area (Å²) in [7, 11) is 3.12. The maximum Gasteiger partial charge on any atom is 0.326 e. The summed E-state index contributed by atoms with van der Waals surface area (Å²) < 4.78 is 5.07. The fourth-order valence-corrected chi connectivity index (χ4v) is 2.33. The number of thioether (sulfide) groups is 1. The summed E-state index contributed by atoms with van der Waals surface area (Å²) >= 11 is 1.55. The molecule has 1 rings (SSSR count). The van der Waals surface area contributed by atoms with Crippen molar-refractivity contribution in [2.75, 3.05) is 19.9 Å². The van der Waals surface area contributed by atoms with E-state index in [2.05, 4.69) is 0 Å². The number of benzene rings is 1. The molecule has 1 atom stereocenters. The second kappa shape index (κ2) is 7.79. The van der Waals surface area contributed by atoms with Crippen LogP contribution in [0.5, 0.6) is 5.75 Å². The lowest BCUT2D eigenvalue weighted by Gasteiger charge is -2.21. The molecule has 0 heterocycles. The van der Waals surface area contributed by atoms with Gasteiger partial charge in [-0.2, -0.15) is 0 Å². The quantitative estimate of drug-likeness (QED) is 0.781. The molecule has 0 fully saturated rings. The van der Waals surface area contributed by atoms with E-state index in [4.69, 9.17) is 9.84 Å². The number of carbonyl (C=O) groups is 2. The molecule has 0 radical (unpaired) electrons. The maximum atomic E-state index is 11.8. The van der Waals surface area contributed by atoms with Crippen molar-refractivity contribution in [1.29, 1.82) is 0 Å². The van der Waals surface area contributed by atoms with Crippen LogP contribution in [-0.4, -0.2) is 47.8 Å². The Kier molecular flexibility index (Phi) is 6.38. The molecule has 0 aliphatic heterocycles. The molecule has 6 heteroatoms. The van der Waals surface area contributed by atoms with Crippen molar-refractivity contribution in [1.82, 2.24) is 4.90 Å². The molecule has 1 unspecified atom stereocenters. The summed E-state index contributed by atoms with van der Waals surface area (Å²) in [5.41, 5.74) is 0. The topological polar surface area (TPSA) is 66.8 Å². The molecular weight excluding hydrogens is 278 g/mol. The van der Waals surface area contributed by atoms with Gasteiger partial charge in [-0.25, -0.2) is 4.79 Å². The van der Waals surface area contributed by atoms with E-state index in [1.807, 2.05) is 24.3 Å². The number of hydrogen-bond donors (Lipinski definition) is 1. The number of carbonyl (C=O) groups excluding carboxylic acids is 1. The second-order valence-corrected chi connectivity index (χ2v) is 5.46. The minimum atomic E-state index is -0.997. The molecule has 0 bridgehead atoms. The van der Waals surface area contributed by atoms with E-state index >= 15 is 0 Å². The first-order chi connectivity index (χ1) is 9.45. The highest BCUT2D eigenvalue weighted by molar-refractivity contribution is 7.99. The minimum Gasteiger partial charge on any atom is -0.497 e. The third-order valence-corrected chi connectivity index (χ3v) is 3.99. The van der Waals surface area contributed by atoms with Gasteiger partial charge in [0, 0.05) is 24.1 Å². The molecular formula is C14H19NO4S. The summed E-state index contributed by atoms with van der Waals surface area (Å²) in [4.78, 5) is 24.9. The zero-order chi connectivity index (χ0) is 15.1. The molecule has 0 saturated carbocycles. The van der Waals surface area contributed by atoms with Gasteiger partial charge in [-0.05, 0) is 31.2 Å². The van der Waals surface area contributed by atoms with E-state index < -0.39 is 12.0 Å². The molecule has 1 N–H and O–H groups in total. The van der Waals surface area contributed by atoms with Crippen LogP contribution in [0.15, 0.2) is 29.2 Å². The summed E-state index contributed by atoms with van der Waals surface area (Å²) in [6.45, 7) is 1.50. The van der Waals surface area contributed by atoms with Crippen molar-refractivity contribution in [3.63, 3.8) is 0 Å². The number of carboxylic acid groups (broad SMARTS) is 1. The first-order valence-corrected chi connectivity index (χ1v) is 7.19. The highest BCUT2D eigenvalue weighted by Crippen LogP contribution is 2.22. The van der Waals surface area contributed by atoms with Crippen LogP contribution in [0.1, 0.15) is 13.3 Å². The van der Waals surface area contributed by atoms with Gasteiger partial charge in [-0.1, -0.05) is 0 Å². The number of hydrogen-bond acceptors (Lipinski definition) is 4. The Morgan fingerprint density at radius 2 is 1.95 bits per heavy atom. The fourth-order valence-electron chi connectivity index (χ4n) is 1.49. The average molecular weight is 297 g/mol. The zero-order valence-electron chi connectivity index (χ0n) is 11.8. The van der Waals surface area contributed by atoms with E-state index in [0.29, 0.717) is 12.2 Å². The number of aliphatic carboxylic acids is 1. The Bertz CT molecular complexity index is 461. The lowest BCUT2D eigenvalue weighted by molar-refractivity contribution is -0.148. The highest BCUT2D eigenvalue weighted by Gasteiger charge is 2.20. The molecule has 20 heavy (non-hydrogen) atoms. The van der Waals surface area contributed by atoms with Crippen LogP contribution in [0.25, 0.3) is 0 Å². The number of amides is 1. The van der Waals surface area contributed by atoms with E-state index in [0.717, 1.165) is 10.6 Å². The van der Waals surface area contributed by atoms with Gasteiger partial charge in [0.2, 0.25) is 5.91 Å². The Morgan fingerprint density at radius 1 is 1.35 bits per heavy atom. The van der Waals surface area contributed by atoms with Crippen LogP contribution in [0.4, 0.5) is 0 Å². The standard InChI is InChI=1S/C14H19NO4S/c1-10(14(17)18)15(2)13(16)8-9-20-12-6-4-11(19-3)5-7-12/h4-7,10H,8-9H2,1-3H3,(H,17,18). The second-order valence-electron chi connectivity index (χ2n) is 4.29. The Labute approximate surface area is 122 Å². The van der Waals surface area contributed by atoms with Gasteiger partial charge < -0.3 is 14.7 Å². The van der Waals surface area contributed by atoms with E-state index in [1.54, 1.807) is 18.9 Å². The van der Waals surface area contributed by atoms with Crippen LogP contribution >= 0.6 is 11.8 Å². The first kappa shape index (κ1) is 16.4. The number of methoxy groups -OCH3 is 1. The molecule has 1 aromatic carbocycles. The molecule has 0 saturated heterocycles. The number of rotatable bonds is 7. The molecule has 0 aliphatic rings. The summed E-state index contributed by atoms with van der Waals surface area (Å²) in [6, 6.07) is 6.79. The van der Waals surface area contributed by atoms with E-state index in [-0.39, 0.29) is 5.91 Å². The molecule has 1 aromatic rings. The van der Waals surface area contributed by atoms with Crippen LogP contribution in [0, 0.1) is 0 Å². The van der Waals surface area contributed by atoms with Crippen LogP contribution in [-0.2, 0) is 9.59 Å². The largest absolute Gasteiger partial charge is 0.497 e. The van der Waals surface area contributed by atoms with Crippen molar-refractivity contribution in [2.24, 2.45) is 0 Å². The van der Waals surface area contributed by atoms with Crippen LogP contribution in [0.3, 0.4) is 0 Å². The van der Waals surface area contributed by atoms with Crippen molar-refractivity contribution in [3.05, 3.63) is 24.3 Å². The predicted octanol–water partition coefficient (Wildman–Crippen LogP) is 2.11. The molecule has 0 aromatic heterocycles. The predicted molar refractivity (Wildman–Crippen MR) is 78.2 cm³/mol. The van der Waals surface area contributed by atoms with Crippen molar-refractivity contribution < 1.29 is 19.4 Å². The van der Waals surface area contributed by atoms with Gasteiger partial charge in [0.15, 0.2) is 0 Å². The summed E-state index contributed by atoms with van der Waals surface area (Å²) in [6.07, 6.45) is 0.310. The normalized spacial score (nSPS) is 11.8. The van der Waals surface area contributed by atoms with Gasteiger partial charge in [0.05, 0.1) is 7.11 Å². The molecule has 5 nitrogen and oxygen atoms in total. The number of ether oxygens (including phenoxy) is 1. The monoisotopic (exact) mass is 297 g/mol. The Hall–Kier alpha value is -1.69. The lowest BCUT2D eigenvalue weighted by Crippen LogP contribution is -2.40. The van der Waals surface area contributed by atoms with Gasteiger partial charge in [-0.3, -0.25) is 4.79 Å². The minimum absolute atomic E-state index is 0.166. The number of likely N-dealkylation sites (N-methyl/N-ethyl adjacent to an activating group) is 1. The van der Waals surface area contributed by atoms with Crippen molar-refractivity contribution in [3.8, 4) is 5.75 Å². The van der Waals surface area contributed by atoms with Crippen LogP contribution < -0.4 is 4.74 Å². The van der Waals surface area contributed by atoms with Gasteiger partial charge >= 0.3 is 5.97 Å². The smallest absolute Gasteiger partial charge is 0.326 e. The summed E-state index contributed by atoms with van der Waals surface area (Å²) in [5, 5.41) is 8.84. The van der Waals surface area contributed by atoms with Crippen molar-refractivity contribution >= 4 is 23.6 Å². The number of carboxylic acids is 1. The molecule has 0 aliphatic carbocycles. The first-order valence-electron chi connectivity index (χ1n) is 6.21. The van der Waals surface area contributed by atoms with Crippen LogP contribution in [0.2, 0.25) is 0 Å². The van der Waals surface area contributed by atoms with Gasteiger partial charge in [0.25, 0.3) is 0 Å². The van der Waals surface area contributed by atoms with Crippen molar-refractivity contribution in [2.45, 2.75) is 24.3 Å². The SMILES string of the molecule is COc1ccc(SCCC(=O)N(C)C(C)C(=O)O)cc1. The highest BCUT2D eigenvalue weighted by atomic mass is 32.2. The maximum absolute atomic E-state index is 11.8.